The molecule has 1 amide bonds. The number of nitrogens with zero attached hydrogens (tertiary/aromatic N) is 2. The number of hydrogen-bond donors (Lipinski definition) is 1. The smallest absolute Gasteiger partial charge is 0.295 e. The van der Waals surface area contributed by atoms with Gasteiger partial charge in [-0.1, -0.05) is 6.07 Å². The number of Topliss-reactive ketones (excluding diaryl/α,β-unsaturated/α-hetero) is 1. The number of thiophene rings is 1. The number of ether oxygens (including phenoxy) is 2. The van der Waals surface area contributed by atoms with Crippen LogP contribution in [0.4, 0.5) is 4.39 Å². The van der Waals surface area contributed by atoms with E-state index >= 15 is 0 Å². The fourth-order valence-electron chi connectivity index (χ4n) is 3.90. The number of methoxy groups -OCH3 is 1. The first-order chi connectivity index (χ1) is 15.0. The van der Waals surface area contributed by atoms with E-state index in [0.29, 0.717) is 26.3 Å². The van der Waals surface area contributed by atoms with E-state index in [1.807, 2.05) is 17.5 Å². The van der Waals surface area contributed by atoms with Gasteiger partial charge in [-0.05, 0) is 29.6 Å². The van der Waals surface area contributed by atoms with Crippen molar-refractivity contribution in [1.29, 1.82) is 0 Å². The van der Waals surface area contributed by atoms with Crippen LogP contribution >= 0.6 is 11.3 Å². The molecule has 31 heavy (non-hydrogen) atoms. The second-order valence-electron chi connectivity index (χ2n) is 7.31. The Kier molecular flexibility index (Phi) is 6.35. The summed E-state index contributed by atoms with van der Waals surface area (Å²) in [7, 11) is 1.34. The van der Waals surface area contributed by atoms with Crippen LogP contribution in [0.5, 0.6) is 5.75 Å². The molecule has 1 atom stereocenters. The number of halogens is 1. The number of aliphatic hydroxyl groups is 1. The molecule has 0 spiro atoms. The summed E-state index contributed by atoms with van der Waals surface area (Å²) in [6, 6.07) is 6.87. The van der Waals surface area contributed by atoms with Gasteiger partial charge in [-0.15, -0.1) is 11.3 Å². The van der Waals surface area contributed by atoms with Crippen molar-refractivity contribution < 1.29 is 28.6 Å². The normalized spacial score (nSPS) is 21.6. The van der Waals surface area contributed by atoms with Gasteiger partial charge in [0.2, 0.25) is 0 Å². The fourth-order valence-corrected chi connectivity index (χ4v) is 4.74. The molecule has 2 aliphatic rings. The molecule has 0 saturated carbocycles. The topological polar surface area (TPSA) is 79.3 Å². The molecule has 0 bridgehead atoms. The number of ketones is 1. The van der Waals surface area contributed by atoms with Crippen LogP contribution in [-0.2, 0) is 14.3 Å². The number of carbonyl (C=O) groups excluding carboxylic acids is 2. The van der Waals surface area contributed by atoms with Crippen LogP contribution in [-0.4, -0.2) is 73.1 Å². The van der Waals surface area contributed by atoms with Gasteiger partial charge in [0.15, 0.2) is 11.6 Å². The molecule has 1 aromatic carbocycles. The molecular weight excluding hydrogens is 423 g/mol. The van der Waals surface area contributed by atoms with Crippen molar-refractivity contribution in [3.8, 4) is 5.75 Å². The van der Waals surface area contributed by atoms with Gasteiger partial charge in [-0.25, -0.2) is 4.39 Å². The summed E-state index contributed by atoms with van der Waals surface area (Å²) in [5, 5.41) is 12.8. The molecule has 9 heteroatoms. The Morgan fingerprint density at radius 2 is 2.03 bits per heavy atom. The summed E-state index contributed by atoms with van der Waals surface area (Å²) in [5.74, 6) is -2.47. The highest BCUT2D eigenvalue weighted by molar-refractivity contribution is 7.10. The Morgan fingerprint density at radius 3 is 2.68 bits per heavy atom. The molecule has 0 aliphatic carbocycles. The Bertz CT molecular complexity index is 1000. The average molecular weight is 447 g/mol. The van der Waals surface area contributed by atoms with E-state index in [0.717, 1.165) is 24.0 Å². The van der Waals surface area contributed by atoms with Crippen LogP contribution in [0, 0.1) is 5.82 Å². The van der Waals surface area contributed by atoms with Crippen LogP contribution in [0.15, 0.2) is 41.3 Å². The molecule has 1 aromatic heterocycles. The number of likely N-dealkylation sites (tertiary alicyclic amines) is 1. The van der Waals surface area contributed by atoms with E-state index in [9.17, 15) is 19.1 Å². The monoisotopic (exact) mass is 446 g/mol. The Balaban J connectivity index is 1.70. The number of aliphatic hydroxyl groups excluding tert-OH is 1. The third-order valence-corrected chi connectivity index (χ3v) is 6.46. The van der Waals surface area contributed by atoms with Crippen molar-refractivity contribution in [2.24, 2.45) is 0 Å². The number of benzene rings is 1. The number of carbonyl (C=O) groups is 2. The minimum Gasteiger partial charge on any atom is -0.507 e. The van der Waals surface area contributed by atoms with Crippen LogP contribution < -0.4 is 4.74 Å². The second kappa shape index (κ2) is 9.17. The maximum atomic E-state index is 14.2. The van der Waals surface area contributed by atoms with Gasteiger partial charge in [-0.2, -0.15) is 0 Å². The summed E-state index contributed by atoms with van der Waals surface area (Å²) in [5.41, 5.74) is 0.0880. The van der Waals surface area contributed by atoms with Crippen molar-refractivity contribution in [3.63, 3.8) is 0 Å². The van der Waals surface area contributed by atoms with Gasteiger partial charge in [0, 0.05) is 36.6 Å². The first kappa shape index (κ1) is 21.5. The molecule has 3 heterocycles. The summed E-state index contributed by atoms with van der Waals surface area (Å²) in [6.45, 7) is 3.72. The average Bonchev–Trinajstić information content (AvgIpc) is 3.40. The summed E-state index contributed by atoms with van der Waals surface area (Å²) in [4.78, 5) is 30.3. The van der Waals surface area contributed by atoms with Crippen molar-refractivity contribution >= 4 is 28.8 Å². The highest BCUT2D eigenvalue weighted by Crippen LogP contribution is 2.41. The third-order valence-electron chi connectivity index (χ3n) is 5.54. The number of hydrogen-bond acceptors (Lipinski definition) is 7. The van der Waals surface area contributed by atoms with Crippen molar-refractivity contribution in [3.05, 3.63) is 57.5 Å². The van der Waals surface area contributed by atoms with Gasteiger partial charge < -0.3 is 19.5 Å². The molecule has 1 N–H and O–H groups in total. The summed E-state index contributed by atoms with van der Waals surface area (Å²) in [6.07, 6.45) is 0. The molecule has 0 radical (unpaired) electrons. The first-order valence-electron chi connectivity index (χ1n) is 9.97. The largest absolute Gasteiger partial charge is 0.507 e. The van der Waals surface area contributed by atoms with E-state index in [-0.39, 0.29) is 16.9 Å². The van der Waals surface area contributed by atoms with E-state index in [1.54, 1.807) is 0 Å². The Hall–Kier alpha value is -2.75. The standard InChI is InChI=1S/C22H23FN2O5S/c1-29-16-5-4-14(13-15(16)23)20(26)18-19(17-3-2-12-31-17)25(22(28)21(18)27)7-6-24-8-10-30-11-9-24/h2-5,12-13,19,26H,6-11H2,1H3/b20-18+/t19-/m1/s1. The highest BCUT2D eigenvalue weighted by atomic mass is 32.1. The zero-order valence-corrected chi connectivity index (χ0v) is 17.9. The van der Waals surface area contributed by atoms with E-state index in [2.05, 4.69) is 4.90 Å². The minimum absolute atomic E-state index is 0.0253. The van der Waals surface area contributed by atoms with E-state index in [4.69, 9.17) is 9.47 Å². The van der Waals surface area contributed by atoms with Crippen molar-refractivity contribution in [2.45, 2.75) is 6.04 Å². The van der Waals surface area contributed by atoms with Crippen molar-refractivity contribution in [1.82, 2.24) is 9.80 Å². The lowest BCUT2D eigenvalue weighted by Gasteiger charge is -2.30. The highest BCUT2D eigenvalue weighted by Gasteiger charge is 2.46. The maximum Gasteiger partial charge on any atom is 0.295 e. The molecule has 2 aliphatic heterocycles. The van der Waals surface area contributed by atoms with E-state index in [1.165, 1.54) is 35.5 Å². The lowest BCUT2D eigenvalue weighted by Crippen LogP contribution is -2.42. The molecule has 2 aromatic rings. The zero-order valence-electron chi connectivity index (χ0n) is 17.0. The molecule has 0 unspecified atom stereocenters. The SMILES string of the molecule is COc1ccc(/C(O)=C2\C(=O)C(=O)N(CCN3CCOCC3)[C@@H]2c2cccs2)cc1F. The van der Waals surface area contributed by atoms with Gasteiger partial charge in [0.05, 0.1) is 31.9 Å². The van der Waals surface area contributed by atoms with Crippen molar-refractivity contribution in [2.75, 3.05) is 46.5 Å². The lowest BCUT2D eigenvalue weighted by atomic mass is 9.99. The number of amides is 1. The molecular formula is C22H23FN2O5S. The second-order valence-corrected chi connectivity index (χ2v) is 8.29. The zero-order chi connectivity index (χ0) is 22.0. The maximum absolute atomic E-state index is 14.2. The van der Waals surface area contributed by atoms with Gasteiger partial charge in [-0.3, -0.25) is 14.5 Å². The predicted octanol–water partition coefficient (Wildman–Crippen LogP) is 2.65. The molecule has 4 rings (SSSR count). The first-order valence-corrected chi connectivity index (χ1v) is 10.8. The molecule has 2 fully saturated rings. The Morgan fingerprint density at radius 1 is 1.26 bits per heavy atom. The summed E-state index contributed by atoms with van der Waals surface area (Å²) >= 11 is 1.40. The predicted molar refractivity (Wildman–Crippen MR) is 114 cm³/mol. The molecule has 2 saturated heterocycles. The summed E-state index contributed by atoms with van der Waals surface area (Å²) < 4.78 is 24.5. The minimum atomic E-state index is -0.769. The number of rotatable bonds is 6. The molecule has 164 valence electrons. The van der Waals surface area contributed by atoms with Gasteiger partial charge in [0.1, 0.15) is 5.76 Å². The lowest BCUT2D eigenvalue weighted by molar-refractivity contribution is -0.140. The van der Waals surface area contributed by atoms with E-state index < -0.39 is 29.3 Å². The van der Waals surface area contributed by atoms with Crippen LogP contribution in [0.25, 0.3) is 5.76 Å². The fraction of sp³-hybridized carbons (Fsp3) is 0.364. The molecule has 7 nitrogen and oxygen atoms in total. The Labute approximate surface area is 183 Å². The van der Waals surface area contributed by atoms with Crippen LogP contribution in [0.3, 0.4) is 0 Å². The van der Waals surface area contributed by atoms with Crippen LogP contribution in [0.2, 0.25) is 0 Å². The number of morpholine rings is 1. The van der Waals surface area contributed by atoms with Gasteiger partial charge >= 0.3 is 0 Å². The quantitative estimate of drug-likeness (QED) is 0.418. The van der Waals surface area contributed by atoms with Gasteiger partial charge in [0.25, 0.3) is 11.7 Å². The third kappa shape index (κ3) is 4.21. The van der Waals surface area contributed by atoms with Crippen LogP contribution in [0.1, 0.15) is 16.5 Å².